The molecule has 0 aromatic carbocycles. The first kappa shape index (κ1) is 11.3. The van der Waals surface area contributed by atoms with Gasteiger partial charge < -0.3 is 10.1 Å². The van der Waals surface area contributed by atoms with Gasteiger partial charge >= 0.3 is 5.97 Å². The molecule has 6 heteroatoms. The predicted octanol–water partition coefficient (Wildman–Crippen LogP) is 0.952. The normalized spacial score (nSPS) is 14.4. The second kappa shape index (κ2) is 4.76. The Kier molecular flexibility index (Phi) is 3.36. The topological polar surface area (TPSA) is 64.1 Å². The summed E-state index contributed by atoms with van der Waals surface area (Å²) in [6.45, 7) is 3.50. The third-order valence-corrected chi connectivity index (χ3v) is 2.54. The lowest BCUT2D eigenvalue weighted by molar-refractivity contribution is 0.0517. The number of aromatic nitrogens is 2. The van der Waals surface area contributed by atoms with E-state index in [1.807, 2.05) is 0 Å². The van der Waals surface area contributed by atoms with Crippen molar-refractivity contribution in [3.05, 3.63) is 22.2 Å². The maximum Gasteiger partial charge on any atom is 0.357 e. The van der Waals surface area contributed by atoms with Crippen LogP contribution >= 0.6 is 11.6 Å². The zero-order valence-corrected chi connectivity index (χ0v) is 9.67. The van der Waals surface area contributed by atoms with Gasteiger partial charge in [0, 0.05) is 25.1 Å². The summed E-state index contributed by atoms with van der Waals surface area (Å²) in [7, 11) is 0. The Balaban J connectivity index is 2.43. The Labute approximate surface area is 98.2 Å². The highest BCUT2D eigenvalue weighted by Crippen LogP contribution is 2.18. The van der Waals surface area contributed by atoms with E-state index < -0.39 is 5.97 Å². The van der Waals surface area contributed by atoms with E-state index in [1.165, 1.54) is 0 Å². The van der Waals surface area contributed by atoms with Crippen molar-refractivity contribution in [3.63, 3.8) is 0 Å². The first-order valence-corrected chi connectivity index (χ1v) is 5.53. The molecule has 0 unspecified atom stereocenters. The zero-order valence-electron chi connectivity index (χ0n) is 8.92. The van der Waals surface area contributed by atoms with Crippen molar-refractivity contribution in [1.82, 2.24) is 15.3 Å². The summed E-state index contributed by atoms with van der Waals surface area (Å²) in [4.78, 5) is 19.7. The minimum absolute atomic E-state index is 0.101. The smallest absolute Gasteiger partial charge is 0.357 e. The molecule has 0 aliphatic carbocycles. The van der Waals surface area contributed by atoms with E-state index in [-0.39, 0.29) is 11.0 Å². The van der Waals surface area contributed by atoms with Crippen LogP contribution in [0.4, 0.5) is 0 Å². The molecule has 0 radical (unpaired) electrons. The summed E-state index contributed by atoms with van der Waals surface area (Å²) in [5.74, 6) is -0.438. The standard InChI is InChI=1S/C10H12ClN3O2/c1-2-16-9(15)8-6-5-12-4-3-7(6)13-10(11)14-8/h12H,2-5H2,1H3. The molecule has 0 amide bonds. The van der Waals surface area contributed by atoms with Crippen molar-refractivity contribution in [2.45, 2.75) is 19.9 Å². The molecule has 0 saturated carbocycles. The van der Waals surface area contributed by atoms with Gasteiger partial charge in [-0.1, -0.05) is 0 Å². The van der Waals surface area contributed by atoms with E-state index in [0.717, 1.165) is 24.2 Å². The Bertz CT molecular complexity index is 423. The number of hydrogen-bond donors (Lipinski definition) is 1. The summed E-state index contributed by atoms with van der Waals surface area (Å²) in [5, 5.41) is 3.27. The third kappa shape index (κ3) is 2.15. The molecule has 0 fully saturated rings. The lowest BCUT2D eigenvalue weighted by Gasteiger charge is -2.18. The molecule has 1 aromatic heterocycles. The molecule has 0 spiro atoms. The maximum atomic E-state index is 11.7. The molecule has 16 heavy (non-hydrogen) atoms. The fourth-order valence-corrected chi connectivity index (χ4v) is 1.87. The molecule has 2 rings (SSSR count). The van der Waals surface area contributed by atoms with Crippen molar-refractivity contribution in [1.29, 1.82) is 0 Å². The summed E-state index contributed by atoms with van der Waals surface area (Å²) < 4.78 is 4.93. The number of carbonyl (C=O) groups excluding carboxylic acids is 1. The second-order valence-electron chi connectivity index (χ2n) is 3.41. The number of halogens is 1. The van der Waals surface area contributed by atoms with E-state index in [1.54, 1.807) is 6.92 Å². The van der Waals surface area contributed by atoms with Gasteiger partial charge in [0.05, 0.1) is 12.3 Å². The van der Waals surface area contributed by atoms with Crippen molar-refractivity contribution in [3.8, 4) is 0 Å². The quantitative estimate of drug-likeness (QED) is 0.617. The monoisotopic (exact) mass is 241 g/mol. The summed E-state index contributed by atoms with van der Waals surface area (Å²) >= 11 is 5.78. The molecule has 5 nitrogen and oxygen atoms in total. The molecule has 0 atom stereocenters. The van der Waals surface area contributed by atoms with Crippen LogP contribution in [0.3, 0.4) is 0 Å². The van der Waals surface area contributed by atoms with Crippen LogP contribution in [0.2, 0.25) is 5.28 Å². The van der Waals surface area contributed by atoms with Crippen LogP contribution in [0.15, 0.2) is 0 Å². The van der Waals surface area contributed by atoms with Gasteiger partial charge in [-0.3, -0.25) is 0 Å². The van der Waals surface area contributed by atoms with Gasteiger partial charge in [-0.2, -0.15) is 0 Å². The van der Waals surface area contributed by atoms with Crippen LogP contribution in [0.25, 0.3) is 0 Å². The number of ether oxygens (including phenoxy) is 1. The molecule has 86 valence electrons. The Morgan fingerprint density at radius 2 is 2.38 bits per heavy atom. The molecule has 1 aromatic rings. The van der Waals surface area contributed by atoms with Crippen LogP contribution in [-0.4, -0.2) is 29.1 Å². The molecule has 0 saturated heterocycles. The number of esters is 1. The van der Waals surface area contributed by atoms with Crippen molar-refractivity contribution in [2.24, 2.45) is 0 Å². The number of carbonyl (C=O) groups is 1. The van der Waals surface area contributed by atoms with Crippen LogP contribution < -0.4 is 5.32 Å². The first-order chi connectivity index (χ1) is 7.72. The largest absolute Gasteiger partial charge is 0.461 e. The van der Waals surface area contributed by atoms with E-state index in [9.17, 15) is 4.79 Å². The van der Waals surface area contributed by atoms with Gasteiger partial charge in [0.25, 0.3) is 0 Å². The number of nitrogens with one attached hydrogen (secondary N) is 1. The van der Waals surface area contributed by atoms with Crippen LogP contribution in [0.1, 0.15) is 28.7 Å². The Hall–Kier alpha value is -1.20. The van der Waals surface area contributed by atoms with Gasteiger partial charge in [-0.25, -0.2) is 14.8 Å². The number of hydrogen-bond acceptors (Lipinski definition) is 5. The number of fused-ring (bicyclic) bond motifs is 1. The predicted molar refractivity (Wildman–Crippen MR) is 58.4 cm³/mol. The van der Waals surface area contributed by atoms with Crippen LogP contribution in [0.5, 0.6) is 0 Å². The SMILES string of the molecule is CCOC(=O)c1nc(Cl)nc2c1CNCC2. The molecule has 1 aliphatic rings. The lowest BCUT2D eigenvalue weighted by Crippen LogP contribution is -2.28. The minimum Gasteiger partial charge on any atom is -0.461 e. The fraction of sp³-hybridized carbons (Fsp3) is 0.500. The zero-order chi connectivity index (χ0) is 11.5. The van der Waals surface area contributed by atoms with Gasteiger partial charge in [0.2, 0.25) is 5.28 Å². The summed E-state index contributed by atoms with van der Waals surface area (Å²) in [5.41, 5.74) is 1.92. The third-order valence-electron chi connectivity index (χ3n) is 2.37. The van der Waals surface area contributed by atoms with Gasteiger partial charge in [-0.05, 0) is 18.5 Å². The summed E-state index contributed by atoms with van der Waals surface area (Å²) in [6.07, 6.45) is 0.754. The molecule has 0 bridgehead atoms. The highest BCUT2D eigenvalue weighted by atomic mass is 35.5. The maximum absolute atomic E-state index is 11.7. The molecular formula is C10H12ClN3O2. The fourth-order valence-electron chi connectivity index (χ4n) is 1.68. The highest BCUT2D eigenvalue weighted by Gasteiger charge is 2.22. The van der Waals surface area contributed by atoms with Gasteiger partial charge in [0.15, 0.2) is 5.69 Å². The Morgan fingerprint density at radius 1 is 1.56 bits per heavy atom. The number of nitrogens with zero attached hydrogens (tertiary/aromatic N) is 2. The van der Waals surface area contributed by atoms with Crippen molar-refractivity contribution >= 4 is 17.6 Å². The highest BCUT2D eigenvalue weighted by molar-refractivity contribution is 6.28. The molecular weight excluding hydrogens is 230 g/mol. The second-order valence-corrected chi connectivity index (χ2v) is 3.75. The van der Waals surface area contributed by atoms with Gasteiger partial charge in [0.1, 0.15) is 0 Å². The molecule has 1 aliphatic heterocycles. The number of rotatable bonds is 2. The van der Waals surface area contributed by atoms with E-state index in [4.69, 9.17) is 16.3 Å². The van der Waals surface area contributed by atoms with E-state index in [0.29, 0.717) is 13.2 Å². The first-order valence-electron chi connectivity index (χ1n) is 5.15. The Morgan fingerprint density at radius 3 is 3.12 bits per heavy atom. The lowest BCUT2D eigenvalue weighted by atomic mass is 10.1. The van der Waals surface area contributed by atoms with Gasteiger partial charge in [-0.15, -0.1) is 0 Å². The average molecular weight is 242 g/mol. The van der Waals surface area contributed by atoms with E-state index in [2.05, 4.69) is 15.3 Å². The minimum atomic E-state index is -0.438. The summed E-state index contributed by atoms with van der Waals surface area (Å²) in [6, 6.07) is 0. The van der Waals surface area contributed by atoms with Crippen LogP contribution in [-0.2, 0) is 17.7 Å². The molecule has 2 heterocycles. The average Bonchev–Trinajstić information content (AvgIpc) is 2.28. The van der Waals surface area contributed by atoms with E-state index >= 15 is 0 Å². The van der Waals surface area contributed by atoms with Crippen molar-refractivity contribution in [2.75, 3.05) is 13.2 Å². The molecule has 1 N–H and O–H groups in total. The van der Waals surface area contributed by atoms with Crippen molar-refractivity contribution < 1.29 is 9.53 Å². The van der Waals surface area contributed by atoms with Crippen LogP contribution in [0, 0.1) is 0 Å².